The molecule has 27 heavy (non-hydrogen) atoms. The number of carbonyl (C=O) groups is 1. The number of nitrogens with zero attached hydrogens (tertiary/aromatic N) is 3. The average Bonchev–Trinajstić information content (AvgIpc) is 3.24. The second-order valence-electron chi connectivity index (χ2n) is 6.56. The Morgan fingerprint density at radius 1 is 1.22 bits per heavy atom. The summed E-state index contributed by atoms with van der Waals surface area (Å²) in [5.74, 6) is 4.38. The van der Waals surface area contributed by atoms with Gasteiger partial charge in [0.25, 0.3) is 0 Å². The van der Waals surface area contributed by atoms with Crippen LogP contribution in [0.5, 0.6) is 5.75 Å². The van der Waals surface area contributed by atoms with Crippen molar-refractivity contribution >= 4 is 22.6 Å². The molecule has 1 fully saturated rings. The lowest BCUT2D eigenvalue weighted by Crippen LogP contribution is -2.25. The number of hydrogen-bond donors (Lipinski definition) is 0. The fourth-order valence-corrected chi connectivity index (χ4v) is 3.73. The summed E-state index contributed by atoms with van der Waals surface area (Å²) in [6.07, 6.45) is 6.00. The zero-order valence-corrected chi connectivity index (χ0v) is 15.3. The number of fused-ring (bicyclic) bond motifs is 1. The van der Waals surface area contributed by atoms with Crippen molar-refractivity contribution in [1.82, 2.24) is 9.55 Å². The molecule has 1 aliphatic heterocycles. The van der Waals surface area contributed by atoms with E-state index in [1.54, 1.807) is 4.90 Å². The molecule has 0 spiro atoms. The number of imidazole rings is 1. The van der Waals surface area contributed by atoms with Crippen molar-refractivity contribution in [3.05, 3.63) is 54.4 Å². The van der Waals surface area contributed by atoms with Crippen LogP contribution in [0.1, 0.15) is 25.1 Å². The summed E-state index contributed by atoms with van der Waals surface area (Å²) in [6.45, 7) is 3.50. The third-order valence-electron chi connectivity index (χ3n) is 4.88. The molecule has 136 valence electrons. The van der Waals surface area contributed by atoms with E-state index < -0.39 is 0 Å². The molecular formula is C22H21N3O2. The average molecular weight is 359 g/mol. The fourth-order valence-electron chi connectivity index (χ4n) is 3.73. The highest BCUT2D eigenvalue weighted by Gasteiger charge is 2.35. The third kappa shape index (κ3) is 3.04. The van der Waals surface area contributed by atoms with Gasteiger partial charge in [0.2, 0.25) is 5.91 Å². The van der Waals surface area contributed by atoms with Crippen LogP contribution in [-0.4, -0.2) is 28.6 Å². The summed E-state index contributed by atoms with van der Waals surface area (Å²) >= 11 is 0. The lowest BCUT2D eigenvalue weighted by Gasteiger charge is -2.20. The number of benzene rings is 2. The van der Waals surface area contributed by atoms with E-state index in [1.165, 1.54) is 0 Å². The van der Waals surface area contributed by atoms with E-state index in [0.29, 0.717) is 26.1 Å². The molecule has 1 amide bonds. The molecule has 1 aliphatic rings. The molecular weight excluding hydrogens is 338 g/mol. The quantitative estimate of drug-likeness (QED) is 0.654. The van der Waals surface area contributed by atoms with Gasteiger partial charge in [-0.1, -0.05) is 30.2 Å². The summed E-state index contributed by atoms with van der Waals surface area (Å²) in [5, 5.41) is 0. The van der Waals surface area contributed by atoms with Gasteiger partial charge in [-0.3, -0.25) is 4.79 Å². The molecule has 1 aromatic heterocycles. The standard InChI is InChI=1S/C22H21N3O2/c1-3-13-24-18-10-6-5-9-17(18)23-22(24)16-14-21(26)25(15-16)19-11-7-8-12-20(19)27-4-2/h1,5-12,16H,4,13-15H2,2H3/t16-/m1/s1. The Hall–Kier alpha value is -3.26. The SMILES string of the molecule is C#CCn1c([C@@H]2CC(=O)N(c3ccccc3OCC)C2)nc2ccccc21. The fraction of sp³-hybridized carbons (Fsp3) is 0.273. The molecule has 2 aromatic carbocycles. The number of terminal acetylenes is 1. The van der Waals surface area contributed by atoms with Gasteiger partial charge < -0.3 is 14.2 Å². The maximum absolute atomic E-state index is 12.8. The molecule has 0 saturated carbocycles. The monoisotopic (exact) mass is 359 g/mol. The molecule has 5 nitrogen and oxygen atoms in total. The van der Waals surface area contributed by atoms with E-state index in [4.69, 9.17) is 16.1 Å². The number of carbonyl (C=O) groups excluding carboxylic acids is 1. The predicted octanol–water partition coefficient (Wildman–Crippen LogP) is 3.59. The minimum atomic E-state index is -0.00654. The van der Waals surface area contributed by atoms with Gasteiger partial charge >= 0.3 is 0 Å². The Kier molecular flexibility index (Phi) is 4.55. The van der Waals surface area contributed by atoms with E-state index in [0.717, 1.165) is 28.3 Å². The van der Waals surface area contributed by atoms with E-state index in [-0.39, 0.29) is 11.8 Å². The van der Waals surface area contributed by atoms with Gasteiger partial charge in [0.15, 0.2) is 0 Å². The number of aromatic nitrogens is 2. The zero-order valence-electron chi connectivity index (χ0n) is 15.3. The maximum Gasteiger partial charge on any atom is 0.227 e. The molecule has 2 heterocycles. The van der Waals surface area contributed by atoms with E-state index in [9.17, 15) is 4.79 Å². The van der Waals surface area contributed by atoms with Gasteiger partial charge in [-0.15, -0.1) is 6.42 Å². The van der Waals surface area contributed by atoms with Gasteiger partial charge in [0.05, 0.1) is 29.9 Å². The number of ether oxygens (including phenoxy) is 1. The first-order valence-electron chi connectivity index (χ1n) is 9.13. The van der Waals surface area contributed by atoms with Crippen LogP contribution in [0.2, 0.25) is 0 Å². The molecule has 5 heteroatoms. The van der Waals surface area contributed by atoms with Crippen LogP contribution >= 0.6 is 0 Å². The normalized spacial score (nSPS) is 16.7. The molecule has 0 radical (unpaired) electrons. The first-order chi connectivity index (χ1) is 13.2. The van der Waals surface area contributed by atoms with E-state index in [2.05, 4.69) is 5.92 Å². The van der Waals surface area contributed by atoms with E-state index in [1.807, 2.05) is 60.0 Å². The van der Waals surface area contributed by atoms with Crippen LogP contribution < -0.4 is 9.64 Å². The molecule has 0 bridgehead atoms. The van der Waals surface area contributed by atoms with E-state index >= 15 is 0 Å². The zero-order chi connectivity index (χ0) is 18.8. The second-order valence-corrected chi connectivity index (χ2v) is 6.56. The number of hydrogen-bond acceptors (Lipinski definition) is 3. The Bertz CT molecular complexity index is 1030. The molecule has 0 unspecified atom stereocenters. The van der Waals surface area contributed by atoms with Crippen LogP contribution in [0.4, 0.5) is 5.69 Å². The topological polar surface area (TPSA) is 47.4 Å². The number of rotatable bonds is 5. The summed E-state index contributed by atoms with van der Waals surface area (Å²) < 4.78 is 7.75. The van der Waals surface area contributed by atoms with Crippen molar-refractivity contribution < 1.29 is 9.53 Å². The Balaban J connectivity index is 1.70. The van der Waals surface area contributed by atoms with Crippen LogP contribution in [0.15, 0.2) is 48.5 Å². The molecule has 0 N–H and O–H groups in total. The highest BCUT2D eigenvalue weighted by Crippen LogP contribution is 2.37. The van der Waals surface area contributed by atoms with Gasteiger partial charge in [0, 0.05) is 18.9 Å². The Morgan fingerprint density at radius 3 is 2.81 bits per heavy atom. The van der Waals surface area contributed by atoms with Crippen LogP contribution in [0, 0.1) is 12.3 Å². The molecule has 3 aromatic rings. The largest absolute Gasteiger partial charge is 0.492 e. The van der Waals surface area contributed by atoms with Crippen molar-refractivity contribution in [3.63, 3.8) is 0 Å². The van der Waals surface area contributed by atoms with Gasteiger partial charge in [-0.2, -0.15) is 0 Å². The number of para-hydroxylation sites is 4. The highest BCUT2D eigenvalue weighted by molar-refractivity contribution is 5.97. The minimum Gasteiger partial charge on any atom is -0.492 e. The number of amides is 1. The minimum absolute atomic E-state index is 0.00654. The van der Waals surface area contributed by atoms with Crippen LogP contribution in [-0.2, 0) is 11.3 Å². The summed E-state index contributed by atoms with van der Waals surface area (Å²) in [4.78, 5) is 19.4. The first-order valence-corrected chi connectivity index (χ1v) is 9.13. The van der Waals surface area contributed by atoms with Gasteiger partial charge in [-0.25, -0.2) is 4.98 Å². The summed E-state index contributed by atoms with van der Waals surface area (Å²) in [5.41, 5.74) is 2.72. The molecule has 1 saturated heterocycles. The smallest absolute Gasteiger partial charge is 0.227 e. The van der Waals surface area contributed by atoms with Gasteiger partial charge in [0.1, 0.15) is 11.6 Å². The van der Waals surface area contributed by atoms with Crippen LogP contribution in [0.3, 0.4) is 0 Å². The van der Waals surface area contributed by atoms with Crippen molar-refractivity contribution in [2.45, 2.75) is 25.8 Å². The predicted molar refractivity (Wildman–Crippen MR) is 106 cm³/mol. The summed E-state index contributed by atoms with van der Waals surface area (Å²) in [7, 11) is 0. The number of anilines is 1. The summed E-state index contributed by atoms with van der Waals surface area (Å²) in [6, 6.07) is 15.6. The molecule has 0 aliphatic carbocycles. The molecule has 4 rings (SSSR count). The highest BCUT2D eigenvalue weighted by atomic mass is 16.5. The van der Waals surface area contributed by atoms with Crippen molar-refractivity contribution in [2.24, 2.45) is 0 Å². The maximum atomic E-state index is 12.8. The van der Waals surface area contributed by atoms with Crippen molar-refractivity contribution in [2.75, 3.05) is 18.1 Å². The Morgan fingerprint density at radius 2 is 2.00 bits per heavy atom. The second kappa shape index (κ2) is 7.16. The molecule has 1 atom stereocenters. The third-order valence-corrected chi connectivity index (χ3v) is 4.88. The lowest BCUT2D eigenvalue weighted by atomic mass is 10.1. The first kappa shape index (κ1) is 17.2. The Labute approximate surface area is 158 Å². The van der Waals surface area contributed by atoms with Crippen molar-refractivity contribution in [1.29, 1.82) is 0 Å². The van der Waals surface area contributed by atoms with Gasteiger partial charge in [-0.05, 0) is 31.2 Å². The van der Waals surface area contributed by atoms with Crippen molar-refractivity contribution in [3.8, 4) is 18.1 Å². The lowest BCUT2D eigenvalue weighted by molar-refractivity contribution is -0.117. The van der Waals surface area contributed by atoms with Crippen LogP contribution in [0.25, 0.3) is 11.0 Å².